The predicted molar refractivity (Wildman–Crippen MR) is 74.7 cm³/mol. The predicted octanol–water partition coefficient (Wildman–Crippen LogP) is 2.36. The van der Waals surface area contributed by atoms with Crippen molar-refractivity contribution in [1.82, 2.24) is 14.7 Å². The van der Waals surface area contributed by atoms with Gasteiger partial charge < -0.3 is 4.90 Å². The van der Waals surface area contributed by atoms with Crippen LogP contribution in [0.15, 0.2) is 41.5 Å². The van der Waals surface area contributed by atoms with Gasteiger partial charge in [0.2, 0.25) is 0 Å². The van der Waals surface area contributed by atoms with Gasteiger partial charge in [-0.1, -0.05) is 18.2 Å². The van der Waals surface area contributed by atoms with Crippen LogP contribution < -0.4 is 0 Å². The van der Waals surface area contributed by atoms with Crippen molar-refractivity contribution < 1.29 is 0 Å². The maximum atomic E-state index is 9.14. The molecule has 2 rings (SSSR count). The second-order valence-electron chi connectivity index (χ2n) is 4.29. The van der Waals surface area contributed by atoms with Crippen molar-refractivity contribution in [3.05, 3.63) is 42.1 Å². The zero-order valence-electron chi connectivity index (χ0n) is 11.2. The largest absolute Gasteiger partial charge is 0.366 e. The van der Waals surface area contributed by atoms with Gasteiger partial charge in [0, 0.05) is 14.1 Å². The smallest absolute Gasteiger partial charge is 0.175 e. The fourth-order valence-electron chi connectivity index (χ4n) is 1.54. The van der Waals surface area contributed by atoms with Crippen molar-refractivity contribution in [2.45, 2.75) is 6.92 Å². The molecule has 19 heavy (non-hydrogen) atoms. The van der Waals surface area contributed by atoms with Crippen LogP contribution in [0.5, 0.6) is 0 Å². The summed E-state index contributed by atoms with van der Waals surface area (Å²) in [5.41, 5.74) is 1.35. The summed E-state index contributed by atoms with van der Waals surface area (Å²) in [5, 5.41) is 13.4. The first-order valence-corrected chi connectivity index (χ1v) is 5.89. The first kappa shape index (κ1) is 12.8. The third-order valence-corrected chi connectivity index (χ3v) is 2.78. The quantitative estimate of drug-likeness (QED) is 0.609. The second kappa shape index (κ2) is 5.36. The topological polar surface area (TPSA) is 57.2 Å². The van der Waals surface area contributed by atoms with Gasteiger partial charge in [-0.05, 0) is 19.1 Å². The van der Waals surface area contributed by atoms with Crippen LogP contribution >= 0.6 is 0 Å². The molecule has 0 aliphatic rings. The Labute approximate surface area is 112 Å². The number of amidine groups is 1. The van der Waals surface area contributed by atoms with Crippen LogP contribution in [0.1, 0.15) is 12.5 Å². The summed E-state index contributed by atoms with van der Waals surface area (Å²) in [6, 6.07) is 11.8. The van der Waals surface area contributed by atoms with Gasteiger partial charge in [0.25, 0.3) is 0 Å². The number of aromatic nitrogens is 2. The summed E-state index contributed by atoms with van der Waals surface area (Å²) in [6.45, 7) is 1.89. The summed E-state index contributed by atoms with van der Waals surface area (Å²) in [4.78, 5) is 6.38. The Balaban J connectivity index is 2.56. The number of aliphatic imine (C=N–C) groups is 1. The fourth-order valence-corrected chi connectivity index (χ4v) is 1.54. The molecule has 2 aromatic rings. The van der Waals surface area contributed by atoms with Gasteiger partial charge in [0.15, 0.2) is 5.82 Å². The third-order valence-electron chi connectivity index (χ3n) is 2.78. The van der Waals surface area contributed by atoms with Crippen LogP contribution in [-0.2, 0) is 0 Å². The lowest BCUT2D eigenvalue weighted by atomic mass is 10.3. The van der Waals surface area contributed by atoms with Crippen molar-refractivity contribution >= 4 is 11.7 Å². The molecule has 5 heteroatoms. The van der Waals surface area contributed by atoms with Crippen LogP contribution in [0.2, 0.25) is 0 Å². The van der Waals surface area contributed by atoms with E-state index in [0.717, 1.165) is 11.5 Å². The molecule has 0 unspecified atom stereocenters. The van der Waals surface area contributed by atoms with Crippen molar-refractivity contribution in [2.75, 3.05) is 14.1 Å². The first-order valence-electron chi connectivity index (χ1n) is 5.89. The Morgan fingerprint density at radius 2 is 2.00 bits per heavy atom. The number of benzene rings is 1. The van der Waals surface area contributed by atoms with Crippen LogP contribution in [0.3, 0.4) is 0 Å². The average molecular weight is 253 g/mol. The van der Waals surface area contributed by atoms with Crippen molar-refractivity contribution in [1.29, 1.82) is 5.26 Å². The van der Waals surface area contributed by atoms with E-state index in [0.29, 0.717) is 11.4 Å². The molecule has 0 aliphatic carbocycles. The molecular formula is C14H15N5. The van der Waals surface area contributed by atoms with Crippen molar-refractivity contribution in [3.63, 3.8) is 0 Å². The van der Waals surface area contributed by atoms with E-state index in [1.807, 2.05) is 56.3 Å². The van der Waals surface area contributed by atoms with Crippen LogP contribution in [-0.4, -0.2) is 34.6 Å². The molecule has 96 valence electrons. The van der Waals surface area contributed by atoms with Gasteiger partial charge in [0.1, 0.15) is 17.5 Å². The van der Waals surface area contributed by atoms with Crippen LogP contribution in [0.4, 0.5) is 5.82 Å². The fraction of sp³-hybridized carbons (Fsp3) is 0.214. The monoisotopic (exact) mass is 253 g/mol. The molecular weight excluding hydrogens is 238 g/mol. The molecule has 1 aromatic heterocycles. The summed E-state index contributed by atoms with van der Waals surface area (Å²) in [5.74, 6) is 1.37. The van der Waals surface area contributed by atoms with E-state index in [4.69, 9.17) is 5.26 Å². The van der Waals surface area contributed by atoms with Crippen molar-refractivity contribution in [3.8, 4) is 11.8 Å². The summed E-state index contributed by atoms with van der Waals surface area (Å²) in [6.07, 6.45) is 1.54. The van der Waals surface area contributed by atoms with E-state index in [-0.39, 0.29) is 0 Å². The van der Waals surface area contributed by atoms with Gasteiger partial charge in [-0.25, -0.2) is 9.67 Å². The minimum atomic E-state index is 0.463. The van der Waals surface area contributed by atoms with E-state index in [2.05, 4.69) is 16.2 Å². The lowest BCUT2D eigenvalue weighted by molar-refractivity contribution is 0.618. The Kier molecular flexibility index (Phi) is 3.62. The molecule has 0 radical (unpaired) electrons. The molecule has 5 nitrogen and oxygen atoms in total. The summed E-state index contributed by atoms with van der Waals surface area (Å²) in [7, 11) is 3.82. The number of nitriles is 1. The molecule has 0 amide bonds. The van der Waals surface area contributed by atoms with Crippen LogP contribution in [0, 0.1) is 11.3 Å². The SMILES string of the molecule is CC(=Nc1c(C#N)cnn1-c1ccccc1)N(C)C. The van der Waals surface area contributed by atoms with E-state index < -0.39 is 0 Å². The molecule has 0 spiro atoms. The number of nitrogens with zero attached hydrogens (tertiary/aromatic N) is 5. The van der Waals surface area contributed by atoms with Gasteiger partial charge in [0.05, 0.1) is 11.9 Å². The summed E-state index contributed by atoms with van der Waals surface area (Å²) >= 11 is 0. The van der Waals surface area contributed by atoms with Gasteiger partial charge in [-0.2, -0.15) is 10.4 Å². The number of rotatable bonds is 2. The molecule has 1 aromatic carbocycles. The Morgan fingerprint density at radius 1 is 1.32 bits per heavy atom. The highest BCUT2D eigenvalue weighted by atomic mass is 15.3. The molecule has 1 heterocycles. The highest BCUT2D eigenvalue weighted by Gasteiger charge is 2.11. The zero-order chi connectivity index (χ0) is 13.8. The Morgan fingerprint density at radius 3 is 2.58 bits per heavy atom. The van der Waals surface area contributed by atoms with Gasteiger partial charge >= 0.3 is 0 Å². The molecule has 0 N–H and O–H groups in total. The lowest BCUT2D eigenvalue weighted by Crippen LogP contribution is -2.18. The first-order chi connectivity index (χ1) is 9.13. The van der Waals surface area contributed by atoms with E-state index in [1.54, 1.807) is 4.68 Å². The minimum Gasteiger partial charge on any atom is -0.366 e. The average Bonchev–Trinajstić information content (AvgIpc) is 2.82. The normalized spacial score (nSPS) is 11.2. The zero-order valence-corrected chi connectivity index (χ0v) is 11.2. The number of hydrogen-bond donors (Lipinski definition) is 0. The van der Waals surface area contributed by atoms with Crippen LogP contribution in [0.25, 0.3) is 5.69 Å². The third kappa shape index (κ3) is 2.63. The number of para-hydroxylation sites is 1. The van der Waals surface area contributed by atoms with E-state index in [1.165, 1.54) is 6.20 Å². The summed E-state index contributed by atoms with van der Waals surface area (Å²) < 4.78 is 1.67. The highest BCUT2D eigenvalue weighted by Crippen LogP contribution is 2.22. The van der Waals surface area contributed by atoms with Crippen molar-refractivity contribution in [2.24, 2.45) is 4.99 Å². The molecule has 0 aliphatic heterocycles. The Bertz CT molecular complexity index is 632. The molecule has 0 saturated carbocycles. The molecule has 0 bridgehead atoms. The van der Waals surface area contributed by atoms with E-state index >= 15 is 0 Å². The lowest BCUT2D eigenvalue weighted by Gasteiger charge is -2.11. The number of hydrogen-bond acceptors (Lipinski definition) is 3. The molecule has 0 saturated heterocycles. The highest BCUT2D eigenvalue weighted by molar-refractivity contribution is 5.82. The Hall–Kier alpha value is -2.61. The van der Waals surface area contributed by atoms with E-state index in [9.17, 15) is 0 Å². The second-order valence-corrected chi connectivity index (χ2v) is 4.29. The van der Waals surface area contributed by atoms with Gasteiger partial charge in [-0.15, -0.1) is 0 Å². The minimum absolute atomic E-state index is 0.463. The molecule has 0 fully saturated rings. The molecule has 0 atom stereocenters. The maximum absolute atomic E-state index is 9.14. The van der Waals surface area contributed by atoms with Gasteiger partial charge in [-0.3, -0.25) is 0 Å². The standard InChI is InChI=1S/C14H15N5/c1-11(18(2)3)17-14-12(9-15)10-16-19(14)13-7-5-4-6-8-13/h4-8,10H,1-3H3. The maximum Gasteiger partial charge on any atom is 0.175 e.